The van der Waals surface area contributed by atoms with Gasteiger partial charge in [-0.15, -0.1) is 0 Å². The van der Waals surface area contributed by atoms with Crippen molar-refractivity contribution in [1.29, 1.82) is 0 Å². The molecule has 10 heteroatoms. The first kappa shape index (κ1) is 37.5. The molecule has 0 aliphatic heterocycles. The number of hydrogen-bond donors (Lipinski definition) is 4. The predicted octanol–water partition coefficient (Wildman–Crippen LogP) is 12.6. The number of hydrogen-bond acceptors (Lipinski definition) is 8. The number of aromatic hydroxyl groups is 2. The lowest BCUT2D eigenvalue weighted by Gasteiger charge is -2.09. The van der Waals surface area contributed by atoms with Crippen molar-refractivity contribution >= 4 is 67.3 Å². The Labute approximate surface area is 337 Å². The summed E-state index contributed by atoms with van der Waals surface area (Å²) in [4.78, 5) is 0. The van der Waals surface area contributed by atoms with Crippen LogP contribution < -0.4 is 19.8 Å². The van der Waals surface area contributed by atoms with Crippen LogP contribution in [0, 0.1) is 0 Å². The first-order valence-electron chi connectivity index (χ1n) is 19.5. The molecule has 0 saturated carbocycles. The fraction of sp³-hybridized carbons (Fsp3) is 0.125. The van der Waals surface area contributed by atoms with Crippen molar-refractivity contribution < 1.29 is 19.3 Å². The van der Waals surface area contributed by atoms with E-state index in [9.17, 15) is 10.2 Å². The minimum Gasteiger partial charge on any atom is -0.506 e. The van der Waals surface area contributed by atoms with E-state index >= 15 is 0 Å². The number of rotatable bonds is 15. The average Bonchev–Trinajstić information content (AvgIpc) is 3.25. The number of fused-ring (bicyclic) bond motifs is 2. The largest absolute Gasteiger partial charge is 0.506 e. The third-order valence-electron chi connectivity index (χ3n) is 9.95. The maximum absolute atomic E-state index is 10.8. The fourth-order valence-electron chi connectivity index (χ4n) is 6.94. The van der Waals surface area contributed by atoms with Crippen molar-refractivity contribution in [1.82, 2.24) is 0 Å². The van der Waals surface area contributed by atoms with Gasteiger partial charge in [-0.05, 0) is 119 Å². The van der Waals surface area contributed by atoms with E-state index < -0.39 is 0 Å². The molecule has 0 bridgehead atoms. The Balaban J connectivity index is 0.885. The number of para-hydroxylation sites is 2. The van der Waals surface area contributed by atoms with E-state index in [1.54, 1.807) is 12.1 Å². The first-order chi connectivity index (χ1) is 28.6. The molecule has 4 N–H and O–H groups in total. The highest BCUT2D eigenvalue weighted by Crippen LogP contribution is 2.39. The Bertz CT molecular complexity index is 2530. The van der Waals surface area contributed by atoms with Gasteiger partial charge >= 0.3 is 11.6 Å². The number of unbranched alkanes of at least 4 members (excludes halogenated alkanes) is 3. The smallest absolute Gasteiger partial charge is 0.350 e. The number of aryl methyl sites for hydroxylation is 2. The molecule has 0 amide bonds. The number of benzene rings is 6. The Hall–Kier alpha value is -7.46. The molecule has 6 aromatic carbocycles. The van der Waals surface area contributed by atoms with Gasteiger partial charge in [0.1, 0.15) is 11.5 Å². The highest BCUT2D eigenvalue weighted by atomic mass is 16.3. The minimum atomic E-state index is 0.0777. The molecule has 0 radical (unpaired) electrons. The monoisotopic (exact) mass is 764 g/mol. The van der Waals surface area contributed by atoms with Crippen LogP contribution in [0.5, 0.6) is 11.5 Å². The summed E-state index contributed by atoms with van der Waals surface area (Å²) in [6.45, 7) is 1.58. The first-order valence-corrected chi connectivity index (χ1v) is 19.5. The standard InChI is InChI=1S/C48H42N8O2/c57-43-27-23-35-21-25-39(49-37-15-5-3-6-16-37)33-41(35)47(43)53-51-45-19-9-13-31-55(45)29-11-1-2-12-30-56-32-14-10-20-46(56)52-54-48-42-34-40(50-38-17-7-4-8-18-38)26-22-36(42)24-28-44(48)58/h3-10,13-28,31-34H,1-2,11-12,29-30H2,(H2,49,50,57,58)/p+2. The molecule has 2 aromatic heterocycles. The zero-order valence-corrected chi connectivity index (χ0v) is 32.0. The molecule has 10 nitrogen and oxygen atoms in total. The molecule has 0 saturated heterocycles. The van der Waals surface area contributed by atoms with Crippen LogP contribution >= 0.6 is 0 Å². The molecular formula is C48H44N8O2+2. The third-order valence-corrected chi connectivity index (χ3v) is 9.95. The molecule has 8 aromatic rings. The lowest BCUT2D eigenvalue weighted by Crippen LogP contribution is -2.34. The molecule has 58 heavy (non-hydrogen) atoms. The van der Waals surface area contributed by atoms with Crippen LogP contribution in [-0.2, 0) is 13.1 Å². The molecule has 2 heterocycles. The van der Waals surface area contributed by atoms with Crippen molar-refractivity contribution in [3.05, 3.63) is 170 Å². The van der Waals surface area contributed by atoms with E-state index in [0.29, 0.717) is 23.0 Å². The van der Waals surface area contributed by atoms with Crippen LogP contribution in [0.4, 0.5) is 45.8 Å². The maximum atomic E-state index is 10.8. The maximum Gasteiger partial charge on any atom is 0.350 e. The van der Waals surface area contributed by atoms with Crippen LogP contribution in [0.25, 0.3) is 21.5 Å². The lowest BCUT2D eigenvalue weighted by molar-refractivity contribution is -0.686. The second-order valence-electron chi connectivity index (χ2n) is 14.0. The van der Waals surface area contributed by atoms with E-state index in [-0.39, 0.29) is 11.5 Å². The Morgan fingerprint density at radius 2 is 0.810 bits per heavy atom. The number of phenolic OH excluding ortho intramolecular Hbond substituents is 2. The van der Waals surface area contributed by atoms with E-state index in [2.05, 4.69) is 40.2 Å². The van der Waals surface area contributed by atoms with Crippen molar-refractivity contribution in [2.75, 3.05) is 10.6 Å². The summed E-state index contributed by atoms with van der Waals surface area (Å²) in [5.74, 6) is 1.59. The van der Waals surface area contributed by atoms with Gasteiger partial charge in [-0.2, -0.15) is 0 Å². The average molecular weight is 765 g/mol. The second-order valence-corrected chi connectivity index (χ2v) is 14.0. The summed E-state index contributed by atoms with van der Waals surface area (Å²) in [5.41, 5.74) is 4.62. The topological polar surface area (TPSA) is 122 Å². The Kier molecular flexibility index (Phi) is 11.6. The Morgan fingerprint density at radius 3 is 1.26 bits per heavy atom. The number of anilines is 4. The van der Waals surface area contributed by atoms with E-state index in [4.69, 9.17) is 0 Å². The van der Waals surface area contributed by atoms with Crippen molar-refractivity contribution in [2.24, 2.45) is 20.5 Å². The van der Waals surface area contributed by atoms with Gasteiger partial charge in [0.15, 0.2) is 11.4 Å². The van der Waals surface area contributed by atoms with Gasteiger partial charge in [-0.25, -0.2) is 9.13 Å². The van der Waals surface area contributed by atoms with E-state index in [1.165, 1.54) is 0 Å². The summed E-state index contributed by atoms with van der Waals surface area (Å²) in [5, 5.41) is 50.4. The lowest BCUT2D eigenvalue weighted by atomic mass is 10.1. The quantitative estimate of drug-likeness (QED) is 0.0471. The van der Waals surface area contributed by atoms with Gasteiger partial charge < -0.3 is 20.8 Å². The molecule has 0 atom stereocenters. The third kappa shape index (κ3) is 9.14. The number of phenols is 2. The number of nitrogens with zero attached hydrogens (tertiary/aromatic N) is 6. The summed E-state index contributed by atoms with van der Waals surface area (Å²) in [7, 11) is 0. The molecule has 0 aliphatic rings. The zero-order chi connectivity index (χ0) is 39.5. The molecule has 8 rings (SSSR count). The fourth-order valence-corrected chi connectivity index (χ4v) is 6.94. The highest BCUT2D eigenvalue weighted by Gasteiger charge is 2.15. The summed E-state index contributed by atoms with van der Waals surface area (Å²) >= 11 is 0. The van der Waals surface area contributed by atoms with Gasteiger partial charge in [0.25, 0.3) is 0 Å². The molecule has 0 spiro atoms. The minimum absolute atomic E-state index is 0.0777. The van der Waals surface area contributed by atoms with Crippen LogP contribution in [0.3, 0.4) is 0 Å². The normalized spacial score (nSPS) is 11.5. The summed E-state index contributed by atoms with van der Waals surface area (Å²) in [6, 6.07) is 50.9. The Morgan fingerprint density at radius 1 is 0.397 bits per heavy atom. The van der Waals surface area contributed by atoms with E-state index in [0.717, 1.165) is 83.1 Å². The molecule has 0 unspecified atom stereocenters. The molecular weight excluding hydrogens is 721 g/mol. The van der Waals surface area contributed by atoms with Gasteiger partial charge in [0.2, 0.25) is 0 Å². The van der Waals surface area contributed by atoms with Crippen LogP contribution in [-0.4, -0.2) is 10.2 Å². The SMILES string of the molecule is Oc1ccc2ccc(Nc3ccccc3)cc2c1N=Nc1cccc[n+]1CCCCCC[n+]1ccccc1/N=N\c1c(O)ccc2ccc(Nc3ccccc3)cc12. The van der Waals surface area contributed by atoms with Gasteiger partial charge in [-0.3, -0.25) is 0 Å². The highest BCUT2D eigenvalue weighted by molar-refractivity contribution is 5.98. The van der Waals surface area contributed by atoms with Gasteiger partial charge in [0.05, 0.1) is 35.7 Å². The number of aromatic nitrogens is 2. The molecule has 0 aliphatic carbocycles. The second kappa shape index (κ2) is 18.0. The van der Waals surface area contributed by atoms with Crippen molar-refractivity contribution in [3.8, 4) is 11.5 Å². The van der Waals surface area contributed by atoms with E-state index in [1.807, 2.05) is 158 Å². The molecule has 286 valence electrons. The van der Waals surface area contributed by atoms with Crippen LogP contribution in [0.15, 0.2) is 191 Å². The molecule has 0 fully saturated rings. The summed E-state index contributed by atoms with van der Waals surface area (Å²) < 4.78 is 4.20. The van der Waals surface area contributed by atoms with Gasteiger partial charge in [-0.1, -0.05) is 72.8 Å². The van der Waals surface area contributed by atoms with Gasteiger partial charge in [0, 0.05) is 45.7 Å². The van der Waals surface area contributed by atoms with Crippen molar-refractivity contribution in [3.63, 3.8) is 0 Å². The van der Waals surface area contributed by atoms with Crippen molar-refractivity contribution in [2.45, 2.75) is 38.8 Å². The summed E-state index contributed by atoms with van der Waals surface area (Å²) in [6.07, 6.45) is 8.05. The number of nitrogens with one attached hydrogen (secondary N) is 2. The van der Waals surface area contributed by atoms with Crippen LogP contribution in [0.1, 0.15) is 25.7 Å². The van der Waals surface area contributed by atoms with Crippen LogP contribution in [0.2, 0.25) is 0 Å². The number of pyridine rings is 2. The predicted molar refractivity (Wildman–Crippen MR) is 231 cm³/mol. The zero-order valence-electron chi connectivity index (χ0n) is 32.0. The number of azo groups is 2.